The van der Waals surface area contributed by atoms with Crippen LogP contribution in [-0.4, -0.2) is 11.9 Å². The molecule has 0 amide bonds. The number of hydrogen-bond donors (Lipinski definition) is 0. The van der Waals surface area contributed by atoms with Crippen molar-refractivity contribution in [2.75, 3.05) is 0 Å². The second-order valence-electron chi connectivity index (χ2n) is 9.15. The number of rotatable bonds is 6. The van der Waals surface area contributed by atoms with Gasteiger partial charge in [-0.3, -0.25) is 9.59 Å². The van der Waals surface area contributed by atoms with E-state index >= 15 is 0 Å². The van der Waals surface area contributed by atoms with E-state index in [9.17, 15) is 9.59 Å². The lowest BCUT2D eigenvalue weighted by molar-refractivity contribution is -0.239. The van der Waals surface area contributed by atoms with E-state index in [1.54, 1.807) is 0 Å². The zero-order chi connectivity index (χ0) is 21.2. The number of benzene rings is 2. The molecule has 4 nitrogen and oxygen atoms in total. The minimum Gasteiger partial charge on any atom is -0.460 e. The second-order valence-corrected chi connectivity index (χ2v) is 9.15. The molecule has 4 rings (SSSR count). The van der Waals surface area contributed by atoms with E-state index in [0.717, 1.165) is 36.8 Å². The minimum atomic E-state index is -1.23. The summed E-state index contributed by atoms with van der Waals surface area (Å²) in [4.78, 5) is 27.0. The SMILES string of the molecule is CC1(C)[C@H]2CCCC[C@@H]2C1(C(=O)OCc1ccccc1)C(=O)OCc1ccccc1. The van der Waals surface area contributed by atoms with E-state index in [0.29, 0.717) is 5.92 Å². The summed E-state index contributed by atoms with van der Waals surface area (Å²) >= 11 is 0. The van der Waals surface area contributed by atoms with Crippen LogP contribution in [0, 0.1) is 22.7 Å². The van der Waals surface area contributed by atoms with Gasteiger partial charge in [0.15, 0.2) is 5.41 Å². The van der Waals surface area contributed by atoms with Crippen molar-refractivity contribution in [3.05, 3.63) is 71.8 Å². The van der Waals surface area contributed by atoms with Crippen LogP contribution in [0.5, 0.6) is 0 Å². The third-order valence-electron chi connectivity index (χ3n) is 7.33. The van der Waals surface area contributed by atoms with Crippen molar-refractivity contribution in [3.8, 4) is 0 Å². The van der Waals surface area contributed by atoms with Gasteiger partial charge in [-0.15, -0.1) is 0 Å². The molecule has 2 aromatic rings. The molecule has 0 N–H and O–H groups in total. The van der Waals surface area contributed by atoms with E-state index in [2.05, 4.69) is 0 Å². The first-order valence-corrected chi connectivity index (χ1v) is 10.9. The highest BCUT2D eigenvalue weighted by molar-refractivity contribution is 6.03. The van der Waals surface area contributed by atoms with E-state index < -0.39 is 22.8 Å². The predicted octanol–water partition coefficient (Wildman–Crippen LogP) is 5.31. The normalized spacial score (nSPS) is 23.5. The molecule has 2 fully saturated rings. The molecule has 30 heavy (non-hydrogen) atoms. The number of fused-ring (bicyclic) bond motifs is 1. The Hall–Kier alpha value is -2.62. The Balaban J connectivity index is 1.58. The van der Waals surface area contributed by atoms with Crippen LogP contribution >= 0.6 is 0 Å². The Labute approximate surface area is 178 Å². The van der Waals surface area contributed by atoms with E-state index in [1.165, 1.54) is 0 Å². The first-order valence-electron chi connectivity index (χ1n) is 10.9. The Morgan fingerprint density at radius 3 is 1.67 bits per heavy atom. The fourth-order valence-electron chi connectivity index (χ4n) is 5.77. The summed E-state index contributed by atoms with van der Waals surface area (Å²) in [6, 6.07) is 19.2. The monoisotopic (exact) mass is 406 g/mol. The average molecular weight is 407 g/mol. The van der Waals surface area contributed by atoms with E-state index in [1.807, 2.05) is 74.5 Å². The van der Waals surface area contributed by atoms with E-state index in [4.69, 9.17) is 9.47 Å². The molecule has 2 aliphatic rings. The highest BCUT2D eigenvalue weighted by Gasteiger charge is 2.76. The van der Waals surface area contributed by atoms with E-state index in [-0.39, 0.29) is 19.1 Å². The second kappa shape index (κ2) is 8.25. The molecule has 4 heteroatoms. The summed E-state index contributed by atoms with van der Waals surface area (Å²) < 4.78 is 11.5. The van der Waals surface area contributed by atoms with Crippen LogP contribution in [0.1, 0.15) is 50.7 Å². The molecule has 0 heterocycles. The van der Waals surface area contributed by atoms with Gasteiger partial charge in [-0.25, -0.2) is 0 Å². The first kappa shape index (κ1) is 20.6. The molecule has 0 aliphatic heterocycles. The largest absolute Gasteiger partial charge is 0.460 e. The van der Waals surface area contributed by atoms with Crippen LogP contribution in [0.25, 0.3) is 0 Å². The van der Waals surface area contributed by atoms with Crippen LogP contribution in [0.4, 0.5) is 0 Å². The molecule has 2 aromatic carbocycles. The number of carbonyl (C=O) groups excluding carboxylic acids is 2. The van der Waals surface area contributed by atoms with Gasteiger partial charge < -0.3 is 9.47 Å². The smallest absolute Gasteiger partial charge is 0.324 e. The molecule has 0 spiro atoms. The topological polar surface area (TPSA) is 52.6 Å². The minimum absolute atomic E-state index is 0.00667. The van der Waals surface area contributed by atoms with Crippen molar-refractivity contribution in [2.24, 2.45) is 22.7 Å². The number of carbonyl (C=O) groups is 2. The fraction of sp³-hybridized carbons (Fsp3) is 0.462. The van der Waals surface area contributed by atoms with Gasteiger partial charge in [0.1, 0.15) is 13.2 Å². The van der Waals surface area contributed by atoms with Crippen LogP contribution in [0.15, 0.2) is 60.7 Å². The maximum absolute atomic E-state index is 13.5. The summed E-state index contributed by atoms with van der Waals surface area (Å²) in [6.45, 7) is 4.40. The fourth-order valence-corrected chi connectivity index (χ4v) is 5.77. The van der Waals surface area contributed by atoms with Crippen LogP contribution in [0.2, 0.25) is 0 Å². The van der Waals surface area contributed by atoms with Crippen molar-refractivity contribution in [1.82, 2.24) is 0 Å². The predicted molar refractivity (Wildman–Crippen MR) is 114 cm³/mol. The van der Waals surface area contributed by atoms with Crippen LogP contribution < -0.4 is 0 Å². The Morgan fingerprint density at radius 1 is 0.767 bits per heavy atom. The lowest BCUT2D eigenvalue weighted by Crippen LogP contribution is -2.71. The molecular weight excluding hydrogens is 376 g/mol. The molecule has 2 saturated carbocycles. The molecule has 0 aromatic heterocycles. The molecule has 0 saturated heterocycles. The lowest BCUT2D eigenvalue weighted by Gasteiger charge is -2.65. The zero-order valence-corrected chi connectivity index (χ0v) is 17.8. The highest BCUT2D eigenvalue weighted by atomic mass is 16.6. The molecule has 2 aliphatic carbocycles. The van der Waals surface area contributed by atoms with Gasteiger partial charge in [-0.1, -0.05) is 87.4 Å². The van der Waals surface area contributed by atoms with Gasteiger partial charge >= 0.3 is 11.9 Å². The van der Waals surface area contributed by atoms with Gasteiger partial charge in [-0.2, -0.15) is 0 Å². The first-order chi connectivity index (χ1) is 14.5. The number of esters is 2. The van der Waals surface area contributed by atoms with Crippen molar-refractivity contribution in [2.45, 2.75) is 52.7 Å². The molecule has 2 atom stereocenters. The standard InChI is InChI=1S/C26H30O4/c1-25(2)21-15-9-10-16-22(21)26(25,23(27)29-17-19-11-5-3-6-12-19)24(28)30-18-20-13-7-4-8-14-20/h3-8,11-14,21-22H,9-10,15-18H2,1-2H3/t21-,22-/m0/s1. The summed E-state index contributed by atoms with van der Waals surface area (Å²) in [6.07, 6.45) is 4.11. The maximum atomic E-state index is 13.5. The average Bonchev–Trinajstić information content (AvgIpc) is 2.78. The Morgan fingerprint density at radius 2 is 1.20 bits per heavy atom. The number of hydrogen-bond acceptors (Lipinski definition) is 4. The zero-order valence-electron chi connectivity index (χ0n) is 17.8. The van der Waals surface area contributed by atoms with Crippen LogP contribution in [-0.2, 0) is 32.3 Å². The van der Waals surface area contributed by atoms with Gasteiger partial charge in [0.2, 0.25) is 0 Å². The molecular formula is C26H30O4. The summed E-state index contributed by atoms with van der Waals surface area (Å²) in [7, 11) is 0. The van der Waals surface area contributed by atoms with Gasteiger partial charge in [0.25, 0.3) is 0 Å². The van der Waals surface area contributed by atoms with Crippen molar-refractivity contribution in [1.29, 1.82) is 0 Å². The Kier molecular flexibility index (Phi) is 5.68. The quantitative estimate of drug-likeness (QED) is 0.482. The molecule has 158 valence electrons. The lowest BCUT2D eigenvalue weighted by atomic mass is 9.36. The Bertz CT molecular complexity index is 832. The summed E-state index contributed by atoms with van der Waals surface area (Å²) in [5, 5.41) is 0. The number of ether oxygens (including phenoxy) is 2. The van der Waals surface area contributed by atoms with Gasteiger partial charge in [0.05, 0.1) is 0 Å². The molecule has 0 unspecified atom stereocenters. The summed E-state index contributed by atoms with van der Waals surface area (Å²) in [5.74, 6) is -0.525. The van der Waals surface area contributed by atoms with Crippen molar-refractivity contribution < 1.29 is 19.1 Å². The molecule has 0 radical (unpaired) electrons. The van der Waals surface area contributed by atoms with Gasteiger partial charge in [-0.05, 0) is 41.2 Å². The highest BCUT2D eigenvalue weighted by Crippen LogP contribution is 2.69. The van der Waals surface area contributed by atoms with Crippen molar-refractivity contribution >= 4 is 11.9 Å². The summed E-state index contributed by atoms with van der Waals surface area (Å²) in [5.41, 5.74) is 0.105. The van der Waals surface area contributed by atoms with Gasteiger partial charge in [0, 0.05) is 0 Å². The van der Waals surface area contributed by atoms with Crippen molar-refractivity contribution in [3.63, 3.8) is 0 Å². The van der Waals surface area contributed by atoms with Crippen LogP contribution in [0.3, 0.4) is 0 Å². The third kappa shape index (κ3) is 3.32. The molecule has 0 bridgehead atoms. The maximum Gasteiger partial charge on any atom is 0.324 e. The third-order valence-corrected chi connectivity index (χ3v) is 7.33.